The van der Waals surface area contributed by atoms with Gasteiger partial charge in [-0.3, -0.25) is 0 Å². The van der Waals surface area contributed by atoms with Crippen molar-refractivity contribution >= 4 is 0 Å². The predicted molar refractivity (Wildman–Crippen MR) is 67.2 cm³/mol. The molecule has 1 aromatic carbocycles. The van der Waals surface area contributed by atoms with Crippen molar-refractivity contribution in [2.45, 2.75) is 32.7 Å². The first-order valence-electron chi connectivity index (χ1n) is 5.66. The third kappa shape index (κ3) is 3.60. The SMILES string of the molecule is CC#CCCOc1ccccc1C(N)CC. The van der Waals surface area contributed by atoms with Gasteiger partial charge in [-0.25, -0.2) is 0 Å². The van der Waals surface area contributed by atoms with Crippen LogP contribution in [0, 0.1) is 11.8 Å². The van der Waals surface area contributed by atoms with Crippen LogP contribution in [0.1, 0.15) is 38.3 Å². The number of rotatable bonds is 5. The Kier molecular flexibility index (Phi) is 5.45. The van der Waals surface area contributed by atoms with E-state index in [1.54, 1.807) is 0 Å². The maximum Gasteiger partial charge on any atom is 0.124 e. The fourth-order valence-electron chi connectivity index (χ4n) is 1.48. The summed E-state index contributed by atoms with van der Waals surface area (Å²) in [4.78, 5) is 0. The van der Waals surface area contributed by atoms with Crippen LogP contribution in [0.15, 0.2) is 24.3 Å². The molecule has 2 N–H and O–H groups in total. The lowest BCUT2D eigenvalue weighted by Gasteiger charge is -2.14. The summed E-state index contributed by atoms with van der Waals surface area (Å²) < 4.78 is 5.68. The third-order valence-corrected chi connectivity index (χ3v) is 2.42. The molecule has 1 aromatic rings. The molecule has 0 heterocycles. The molecule has 2 heteroatoms. The van der Waals surface area contributed by atoms with E-state index in [0.29, 0.717) is 6.61 Å². The number of benzene rings is 1. The molecule has 0 radical (unpaired) electrons. The molecule has 86 valence electrons. The van der Waals surface area contributed by atoms with E-state index in [1.807, 2.05) is 31.2 Å². The molecule has 1 atom stereocenters. The minimum absolute atomic E-state index is 0.0495. The summed E-state index contributed by atoms with van der Waals surface area (Å²) in [7, 11) is 0. The highest BCUT2D eigenvalue weighted by Gasteiger charge is 2.09. The number of ether oxygens (including phenoxy) is 1. The zero-order valence-corrected chi connectivity index (χ0v) is 9.99. The average Bonchev–Trinajstić information content (AvgIpc) is 2.34. The van der Waals surface area contributed by atoms with Crippen molar-refractivity contribution in [1.82, 2.24) is 0 Å². The van der Waals surface area contributed by atoms with Crippen molar-refractivity contribution in [3.63, 3.8) is 0 Å². The second kappa shape index (κ2) is 6.92. The van der Waals surface area contributed by atoms with Gasteiger partial charge in [-0.05, 0) is 19.4 Å². The molecule has 0 spiro atoms. The van der Waals surface area contributed by atoms with Crippen LogP contribution < -0.4 is 10.5 Å². The van der Waals surface area contributed by atoms with Crippen molar-refractivity contribution in [3.05, 3.63) is 29.8 Å². The van der Waals surface area contributed by atoms with Crippen molar-refractivity contribution in [3.8, 4) is 17.6 Å². The molecule has 0 saturated heterocycles. The molecule has 0 aliphatic heterocycles. The highest BCUT2D eigenvalue weighted by Crippen LogP contribution is 2.25. The van der Waals surface area contributed by atoms with Crippen molar-refractivity contribution in [1.29, 1.82) is 0 Å². The summed E-state index contributed by atoms with van der Waals surface area (Å²) in [6.45, 7) is 4.53. The van der Waals surface area contributed by atoms with Gasteiger partial charge in [0.25, 0.3) is 0 Å². The van der Waals surface area contributed by atoms with Gasteiger partial charge in [0.05, 0.1) is 6.61 Å². The van der Waals surface area contributed by atoms with Crippen LogP contribution in [0.25, 0.3) is 0 Å². The lowest BCUT2D eigenvalue weighted by molar-refractivity contribution is 0.321. The van der Waals surface area contributed by atoms with Gasteiger partial charge in [-0.1, -0.05) is 25.1 Å². The highest BCUT2D eigenvalue weighted by atomic mass is 16.5. The van der Waals surface area contributed by atoms with Crippen molar-refractivity contribution < 1.29 is 4.74 Å². The molecule has 0 aromatic heterocycles. The van der Waals surface area contributed by atoms with Gasteiger partial charge in [0.1, 0.15) is 5.75 Å². The maximum absolute atomic E-state index is 6.02. The Balaban J connectivity index is 2.66. The largest absolute Gasteiger partial charge is 0.492 e. The van der Waals surface area contributed by atoms with Crippen LogP contribution in [0.4, 0.5) is 0 Å². The van der Waals surface area contributed by atoms with E-state index < -0.39 is 0 Å². The highest BCUT2D eigenvalue weighted by molar-refractivity contribution is 5.35. The Labute approximate surface area is 97.8 Å². The lowest BCUT2D eigenvalue weighted by atomic mass is 10.0. The topological polar surface area (TPSA) is 35.2 Å². The van der Waals surface area contributed by atoms with E-state index in [1.165, 1.54) is 0 Å². The Morgan fingerprint density at radius 2 is 2.12 bits per heavy atom. The quantitative estimate of drug-likeness (QED) is 0.608. The van der Waals surface area contributed by atoms with Crippen molar-refractivity contribution in [2.24, 2.45) is 5.73 Å². The van der Waals surface area contributed by atoms with Gasteiger partial charge in [-0.2, -0.15) is 0 Å². The molecule has 0 aliphatic carbocycles. The van der Waals surface area contributed by atoms with Crippen LogP contribution in [0.2, 0.25) is 0 Å². The van der Waals surface area contributed by atoms with E-state index in [4.69, 9.17) is 10.5 Å². The Hall–Kier alpha value is -1.46. The summed E-state index contributed by atoms with van der Waals surface area (Å²) in [5, 5.41) is 0. The van der Waals surface area contributed by atoms with Gasteiger partial charge < -0.3 is 10.5 Å². The Morgan fingerprint density at radius 3 is 2.81 bits per heavy atom. The first kappa shape index (κ1) is 12.6. The summed E-state index contributed by atoms with van der Waals surface area (Å²) in [5.74, 6) is 6.71. The van der Waals surface area contributed by atoms with E-state index in [9.17, 15) is 0 Å². The molecular formula is C14H19NO. The van der Waals surface area contributed by atoms with Crippen LogP contribution in [0.3, 0.4) is 0 Å². The standard InChI is InChI=1S/C14H19NO/c1-3-5-8-11-16-14-10-7-6-9-12(14)13(15)4-2/h6-7,9-10,13H,4,8,11,15H2,1-2H3. The number of para-hydroxylation sites is 1. The van der Waals surface area contributed by atoms with E-state index in [2.05, 4.69) is 18.8 Å². The zero-order chi connectivity index (χ0) is 11.8. The number of nitrogens with two attached hydrogens (primary N) is 1. The fourth-order valence-corrected chi connectivity index (χ4v) is 1.48. The number of hydrogen-bond donors (Lipinski definition) is 1. The zero-order valence-electron chi connectivity index (χ0n) is 9.99. The molecule has 0 aliphatic rings. The maximum atomic E-state index is 6.02. The molecule has 1 rings (SSSR count). The normalized spacial score (nSPS) is 11.4. The van der Waals surface area contributed by atoms with E-state index >= 15 is 0 Å². The molecule has 0 saturated carbocycles. The fraction of sp³-hybridized carbons (Fsp3) is 0.429. The second-order valence-corrected chi connectivity index (χ2v) is 3.58. The van der Waals surface area contributed by atoms with E-state index in [-0.39, 0.29) is 6.04 Å². The van der Waals surface area contributed by atoms with Gasteiger partial charge in [0, 0.05) is 18.0 Å². The first-order chi connectivity index (χ1) is 7.79. The molecule has 0 bridgehead atoms. The van der Waals surface area contributed by atoms with Gasteiger partial charge >= 0.3 is 0 Å². The summed E-state index contributed by atoms with van der Waals surface area (Å²) in [6.07, 6.45) is 1.67. The molecule has 0 amide bonds. The Bertz CT molecular complexity index is 376. The Morgan fingerprint density at radius 1 is 1.38 bits per heavy atom. The van der Waals surface area contributed by atoms with Gasteiger partial charge in [-0.15, -0.1) is 11.8 Å². The second-order valence-electron chi connectivity index (χ2n) is 3.58. The molecule has 2 nitrogen and oxygen atoms in total. The first-order valence-corrected chi connectivity index (χ1v) is 5.66. The predicted octanol–water partition coefficient (Wildman–Crippen LogP) is 2.89. The summed E-state index contributed by atoms with van der Waals surface area (Å²) in [5.41, 5.74) is 7.10. The van der Waals surface area contributed by atoms with Crippen LogP contribution in [0.5, 0.6) is 5.75 Å². The average molecular weight is 217 g/mol. The third-order valence-electron chi connectivity index (χ3n) is 2.42. The van der Waals surface area contributed by atoms with Crippen LogP contribution >= 0.6 is 0 Å². The molecule has 16 heavy (non-hydrogen) atoms. The van der Waals surface area contributed by atoms with Gasteiger partial charge in [0.15, 0.2) is 0 Å². The molecule has 0 fully saturated rings. The van der Waals surface area contributed by atoms with Crippen LogP contribution in [-0.2, 0) is 0 Å². The molecule has 1 unspecified atom stereocenters. The van der Waals surface area contributed by atoms with Gasteiger partial charge in [0.2, 0.25) is 0 Å². The van der Waals surface area contributed by atoms with Crippen molar-refractivity contribution in [2.75, 3.05) is 6.61 Å². The summed E-state index contributed by atoms with van der Waals surface area (Å²) in [6, 6.07) is 7.99. The smallest absolute Gasteiger partial charge is 0.124 e. The minimum atomic E-state index is 0.0495. The minimum Gasteiger partial charge on any atom is -0.492 e. The lowest BCUT2D eigenvalue weighted by Crippen LogP contribution is -2.11. The number of hydrogen-bond acceptors (Lipinski definition) is 2. The summed E-state index contributed by atoms with van der Waals surface area (Å²) >= 11 is 0. The molecular weight excluding hydrogens is 198 g/mol. The van der Waals surface area contributed by atoms with Crippen LogP contribution in [-0.4, -0.2) is 6.61 Å². The monoisotopic (exact) mass is 217 g/mol. The van der Waals surface area contributed by atoms with E-state index in [0.717, 1.165) is 24.2 Å².